The minimum absolute atomic E-state index is 0.0730. The molecule has 1 aliphatic heterocycles. The van der Waals surface area contributed by atoms with Crippen molar-refractivity contribution >= 4 is 17.6 Å². The highest BCUT2D eigenvalue weighted by Crippen LogP contribution is 2.25. The lowest BCUT2D eigenvalue weighted by atomic mass is 10.2. The Kier molecular flexibility index (Phi) is 5.37. The van der Waals surface area contributed by atoms with Crippen LogP contribution in [-0.2, 0) is 16.0 Å². The number of nitrogens with zero attached hydrogens (tertiary/aromatic N) is 2. The average Bonchev–Trinajstić information content (AvgIpc) is 3.36. The third-order valence-electron chi connectivity index (χ3n) is 4.69. The molecule has 1 amide bonds. The molecule has 6 nitrogen and oxygen atoms in total. The number of benzene rings is 2. The lowest BCUT2D eigenvalue weighted by Gasteiger charge is -2.15. The Bertz CT molecular complexity index is 1030. The number of hydrogen-bond acceptors (Lipinski definition) is 5. The fourth-order valence-corrected chi connectivity index (χ4v) is 3.22. The van der Waals surface area contributed by atoms with E-state index in [1.54, 1.807) is 47.4 Å². The van der Waals surface area contributed by atoms with Crippen LogP contribution in [0.25, 0.3) is 11.3 Å². The first-order valence-electron chi connectivity index (χ1n) is 9.41. The van der Waals surface area contributed by atoms with E-state index in [9.17, 15) is 14.0 Å². The van der Waals surface area contributed by atoms with Crippen molar-refractivity contribution in [2.45, 2.75) is 25.7 Å². The molecule has 0 aliphatic carbocycles. The average molecular weight is 394 g/mol. The molecule has 1 saturated heterocycles. The highest BCUT2D eigenvalue weighted by molar-refractivity contribution is 5.95. The highest BCUT2D eigenvalue weighted by atomic mass is 19.1. The largest absolute Gasteiger partial charge is 0.441 e. The lowest BCUT2D eigenvalue weighted by Crippen LogP contribution is -2.23. The molecule has 2 heterocycles. The maximum absolute atomic E-state index is 13.8. The Morgan fingerprint density at radius 1 is 1.17 bits per heavy atom. The molecule has 1 aromatic heterocycles. The third-order valence-corrected chi connectivity index (χ3v) is 4.69. The number of carbonyl (C=O) groups excluding carboxylic acids is 2. The van der Waals surface area contributed by atoms with Crippen LogP contribution in [0.5, 0.6) is 5.75 Å². The SMILES string of the molecule is O=C(CCc1ncc(-c2ccccc2F)o1)Oc1ccc(N2CCCC2=O)cc1. The highest BCUT2D eigenvalue weighted by Gasteiger charge is 2.21. The number of oxazole rings is 1. The number of esters is 1. The summed E-state index contributed by atoms with van der Waals surface area (Å²) < 4.78 is 24.7. The molecule has 2 aromatic carbocycles. The molecule has 0 unspecified atom stereocenters. The van der Waals surface area contributed by atoms with Crippen LogP contribution in [0.15, 0.2) is 59.1 Å². The van der Waals surface area contributed by atoms with Crippen molar-refractivity contribution in [1.29, 1.82) is 0 Å². The molecule has 0 bridgehead atoms. The number of rotatable bonds is 6. The quantitative estimate of drug-likeness (QED) is 0.464. The van der Waals surface area contributed by atoms with Crippen molar-refractivity contribution in [3.05, 3.63) is 66.4 Å². The monoisotopic (exact) mass is 394 g/mol. The van der Waals surface area contributed by atoms with Crippen LogP contribution >= 0.6 is 0 Å². The van der Waals surface area contributed by atoms with Gasteiger partial charge in [0.05, 0.1) is 18.2 Å². The van der Waals surface area contributed by atoms with Gasteiger partial charge < -0.3 is 14.1 Å². The fourth-order valence-electron chi connectivity index (χ4n) is 3.22. The van der Waals surface area contributed by atoms with Crippen LogP contribution in [0.4, 0.5) is 10.1 Å². The number of hydrogen-bond donors (Lipinski definition) is 0. The second-order valence-corrected chi connectivity index (χ2v) is 6.71. The van der Waals surface area contributed by atoms with E-state index in [1.807, 2.05) is 0 Å². The van der Waals surface area contributed by atoms with Crippen LogP contribution in [0.2, 0.25) is 0 Å². The van der Waals surface area contributed by atoms with Gasteiger partial charge in [0.15, 0.2) is 11.7 Å². The van der Waals surface area contributed by atoms with E-state index < -0.39 is 11.8 Å². The van der Waals surface area contributed by atoms with Gasteiger partial charge in [-0.25, -0.2) is 9.37 Å². The molecular formula is C22H19FN2O4. The molecule has 1 aliphatic rings. The van der Waals surface area contributed by atoms with Gasteiger partial charge in [-0.1, -0.05) is 12.1 Å². The normalized spacial score (nSPS) is 13.7. The van der Waals surface area contributed by atoms with Crippen molar-refractivity contribution in [2.75, 3.05) is 11.4 Å². The summed E-state index contributed by atoms with van der Waals surface area (Å²) in [5.74, 6) is 0.344. The number of aryl methyl sites for hydroxylation is 1. The first-order chi connectivity index (χ1) is 14.1. The van der Waals surface area contributed by atoms with Gasteiger partial charge in [0.25, 0.3) is 0 Å². The summed E-state index contributed by atoms with van der Waals surface area (Å²) in [6.07, 6.45) is 3.18. The van der Waals surface area contributed by atoms with Gasteiger partial charge in [0, 0.05) is 25.1 Å². The summed E-state index contributed by atoms with van der Waals surface area (Å²) in [7, 11) is 0. The van der Waals surface area contributed by atoms with E-state index in [-0.39, 0.29) is 18.7 Å². The number of amides is 1. The van der Waals surface area contributed by atoms with Gasteiger partial charge in [0.2, 0.25) is 5.91 Å². The molecule has 7 heteroatoms. The molecule has 0 spiro atoms. The topological polar surface area (TPSA) is 72.6 Å². The Morgan fingerprint density at radius 3 is 2.69 bits per heavy atom. The van der Waals surface area contributed by atoms with Crippen molar-refractivity contribution < 1.29 is 23.1 Å². The molecule has 3 aromatic rings. The molecule has 1 fully saturated rings. The van der Waals surface area contributed by atoms with Crippen LogP contribution < -0.4 is 9.64 Å². The lowest BCUT2D eigenvalue weighted by molar-refractivity contribution is -0.134. The molecule has 0 atom stereocenters. The molecule has 0 radical (unpaired) electrons. The van der Waals surface area contributed by atoms with E-state index in [0.29, 0.717) is 35.9 Å². The maximum Gasteiger partial charge on any atom is 0.311 e. The number of carbonyl (C=O) groups is 2. The van der Waals surface area contributed by atoms with E-state index >= 15 is 0 Å². The third kappa shape index (κ3) is 4.34. The fraction of sp³-hybridized carbons (Fsp3) is 0.227. The molecule has 4 rings (SSSR count). The first kappa shape index (κ1) is 18.9. The zero-order valence-corrected chi connectivity index (χ0v) is 15.6. The summed E-state index contributed by atoms with van der Waals surface area (Å²) in [6, 6.07) is 13.1. The Hall–Kier alpha value is -3.48. The van der Waals surface area contributed by atoms with Gasteiger partial charge >= 0.3 is 5.97 Å². The van der Waals surface area contributed by atoms with Crippen LogP contribution in [-0.4, -0.2) is 23.4 Å². The number of ether oxygens (including phenoxy) is 1. The van der Waals surface area contributed by atoms with E-state index in [2.05, 4.69) is 4.98 Å². The van der Waals surface area contributed by atoms with Crippen LogP contribution in [0.3, 0.4) is 0 Å². The van der Waals surface area contributed by atoms with E-state index in [4.69, 9.17) is 9.15 Å². The Balaban J connectivity index is 1.31. The van der Waals surface area contributed by atoms with Crippen molar-refractivity contribution in [1.82, 2.24) is 4.98 Å². The minimum Gasteiger partial charge on any atom is -0.441 e. The smallest absolute Gasteiger partial charge is 0.311 e. The summed E-state index contributed by atoms with van der Waals surface area (Å²) in [4.78, 5) is 29.7. The molecular weight excluding hydrogens is 375 g/mol. The van der Waals surface area contributed by atoms with Gasteiger partial charge in [-0.05, 0) is 42.8 Å². The van der Waals surface area contributed by atoms with Crippen molar-refractivity contribution in [3.8, 4) is 17.1 Å². The van der Waals surface area contributed by atoms with Gasteiger partial charge in [0.1, 0.15) is 11.6 Å². The standard InChI is InChI=1S/C22H19FN2O4/c23-18-5-2-1-4-17(18)19-14-24-20(29-19)11-12-22(27)28-16-9-7-15(8-10-16)25-13-3-6-21(25)26/h1-2,4-5,7-10,14H,3,6,11-13H2. The van der Waals surface area contributed by atoms with Gasteiger partial charge in [-0.3, -0.25) is 9.59 Å². The van der Waals surface area contributed by atoms with Crippen molar-refractivity contribution in [2.24, 2.45) is 0 Å². The second kappa shape index (κ2) is 8.26. The summed E-state index contributed by atoms with van der Waals surface area (Å²) in [5.41, 5.74) is 1.12. The van der Waals surface area contributed by atoms with E-state index in [0.717, 1.165) is 12.1 Å². The van der Waals surface area contributed by atoms with Crippen LogP contribution in [0, 0.1) is 5.82 Å². The molecule has 0 saturated carbocycles. The predicted molar refractivity (Wildman–Crippen MR) is 104 cm³/mol. The Labute approximate surface area is 166 Å². The summed E-state index contributed by atoms with van der Waals surface area (Å²) >= 11 is 0. The first-order valence-corrected chi connectivity index (χ1v) is 9.41. The van der Waals surface area contributed by atoms with E-state index in [1.165, 1.54) is 12.3 Å². The summed E-state index contributed by atoms with van der Waals surface area (Å²) in [6.45, 7) is 0.711. The molecule has 29 heavy (non-hydrogen) atoms. The van der Waals surface area contributed by atoms with Gasteiger partial charge in [-0.2, -0.15) is 0 Å². The number of halogens is 1. The zero-order chi connectivity index (χ0) is 20.2. The summed E-state index contributed by atoms with van der Waals surface area (Å²) in [5, 5.41) is 0. The molecule has 148 valence electrons. The van der Waals surface area contributed by atoms with Gasteiger partial charge in [-0.15, -0.1) is 0 Å². The maximum atomic E-state index is 13.8. The number of anilines is 1. The van der Waals surface area contributed by atoms with Crippen LogP contribution in [0.1, 0.15) is 25.2 Å². The second-order valence-electron chi connectivity index (χ2n) is 6.71. The molecule has 0 N–H and O–H groups in total. The Morgan fingerprint density at radius 2 is 1.97 bits per heavy atom. The van der Waals surface area contributed by atoms with Crippen molar-refractivity contribution in [3.63, 3.8) is 0 Å². The minimum atomic E-state index is -0.430. The number of aromatic nitrogens is 1. The zero-order valence-electron chi connectivity index (χ0n) is 15.6. The predicted octanol–water partition coefficient (Wildman–Crippen LogP) is 4.15.